The molecule has 3 aromatic rings. The summed E-state index contributed by atoms with van der Waals surface area (Å²) in [5, 5.41) is 19.7. The maximum Gasteiger partial charge on any atom is 0.115 e. The second-order valence-corrected chi connectivity index (χ2v) is 6.51. The van der Waals surface area contributed by atoms with Crippen LogP contribution in [0, 0.1) is 0 Å². The zero-order chi connectivity index (χ0) is 18.2. The molecule has 4 rings (SSSR count). The molecule has 3 nitrogen and oxygen atoms in total. The van der Waals surface area contributed by atoms with Crippen LogP contribution in [-0.2, 0) is 0 Å². The first-order valence-electron chi connectivity index (χ1n) is 9.06. The summed E-state index contributed by atoms with van der Waals surface area (Å²) in [5.41, 5.74) is 3.55. The van der Waals surface area contributed by atoms with Crippen molar-refractivity contribution >= 4 is 0 Å². The summed E-state index contributed by atoms with van der Waals surface area (Å²) >= 11 is 0. The molecule has 0 aromatic heterocycles. The van der Waals surface area contributed by atoms with Gasteiger partial charge in [0.1, 0.15) is 5.75 Å². The highest BCUT2D eigenvalue weighted by Gasteiger charge is 2.16. The molecule has 1 aliphatic heterocycles. The second kappa shape index (κ2) is 9.18. The first-order valence-corrected chi connectivity index (χ1v) is 9.06. The number of nitrogens with zero attached hydrogens (tertiary/aromatic N) is 1. The molecular weight excluding hydrogens is 322 g/mol. The zero-order valence-electron chi connectivity index (χ0n) is 14.8. The number of phenols is 1. The molecule has 0 aliphatic carbocycles. The smallest absolute Gasteiger partial charge is 0.115 e. The first-order chi connectivity index (χ1) is 12.7. The molecule has 3 heteroatoms. The Balaban J connectivity index is 0.000000278. The van der Waals surface area contributed by atoms with E-state index in [4.69, 9.17) is 5.21 Å². The number of hydrogen-bond acceptors (Lipinski definition) is 3. The van der Waals surface area contributed by atoms with Gasteiger partial charge in [-0.2, -0.15) is 5.06 Å². The van der Waals surface area contributed by atoms with Gasteiger partial charge in [-0.15, -0.1) is 0 Å². The van der Waals surface area contributed by atoms with E-state index in [0.29, 0.717) is 5.75 Å². The van der Waals surface area contributed by atoms with E-state index >= 15 is 0 Å². The molecule has 0 bridgehead atoms. The fourth-order valence-electron chi connectivity index (χ4n) is 3.27. The Labute approximate surface area is 155 Å². The summed E-state index contributed by atoms with van der Waals surface area (Å²) in [4.78, 5) is 0. The quantitative estimate of drug-likeness (QED) is 0.652. The van der Waals surface area contributed by atoms with Crippen molar-refractivity contribution in [3.05, 3.63) is 102 Å². The van der Waals surface area contributed by atoms with Crippen LogP contribution < -0.4 is 0 Å². The maximum absolute atomic E-state index is 9.76. The van der Waals surface area contributed by atoms with Crippen LogP contribution in [0.4, 0.5) is 0 Å². The van der Waals surface area contributed by atoms with Crippen LogP contribution in [0.1, 0.15) is 35.4 Å². The van der Waals surface area contributed by atoms with Crippen LogP contribution in [0.5, 0.6) is 5.75 Å². The molecule has 0 unspecified atom stereocenters. The predicted molar refractivity (Wildman–Crippen MR) is 105 cm³/mol. The van der Waals surface area contributed by atoms with E-state index in [1.54, 1.807) is 6.07 Å². The molecule has 0 spiro atoms. The first kappa shape index (κ1) is 18.2. The SMILES string of the molecule is ON1CCCC1.Oc1cccc(C(c2ccccc2)c2ccccc2)c1. The average molecular weight is 347 g/mol. The molecule has 0 amide bonds. The van der Waals surface area contributed by atoms with Crippen molar-refractivity contribution in [1.29, 1.82) is 0 Å². The van der Waals surface area contributed by atoms with E-state index < -0.39 is 0 Å². The number of benzene rings is 3. The van der Waals surface area contributed by atoms with E-state index in [0.717, 1.165) is 31.5 Å². The lowest BCUT2D eigenvalue weighted by Crippen LogP contribution is -2.11. The van der Waals surface area contributed by atoms with Crippen LogP contribution in [0.15, 0.2) is 84.9 Å². The molecule has 1 heterocycles. The van der Waals surface area contributed by atoms with Gasteiger partial charge >= 0.3 is 0 Å². The van der Waals surface area contributed by atoms with Gasteiger partial charge in [-0.25, -0.2) is 0 Å². The zero-order valence-corrected chi connectivity index (χ0v) is 14.8. The fraction of sp³-hybridized carbons (Fsp3) is 0.217. The number of aromatic hydroxyl groups is 1. The number of rotatable bonds is 3. The van der Waals surface area contributed by atoms with Crippen molar-refractivity contribution in [2.75, 3.05) is 13.1 Å². The van der Waals surface area contributed by atoms with E-state index in [1.165, 1.54) is 16.2 Å². The monoisotopic (exact) mass is 347 g/mol. The third kappa shape index (κ3) is 4.94. The molecular formula is C23H25NO2. The third-order valence-electron chi connectivity index (χ3n) is 4.55. The normalized spacial score (nSPS) is 14.1. The van der Waals surface area contributed by atoms with Crippen molar-refractivity contribution in [1.82, 2.24) is 5.06 Å². The van der Waals surface area contributed by atoms with Crippen molar-refractivity contribution in [2.24, 2.45) is 0 Å². The topological polar surface area (TPSA) is 43.7 Å². The van der Waals surface area contributed by atoms with Gasteiger partial charge in [0.05, 0.1) is 0 Å². The Kier molecular flexibility index (Phi) is 6.42. The predicted octanol–water partition coefficient (Wildman–Crippen LogP) is 5.04. The molecule has 0 saturated carbocycles. The lowest BCUT2D eigenvalue weighted by atomic mass is 9.85. The largest absolute Gasteiger partial charge is 0.508 e. The fourth-order valence-corrected chi connectivity index (χ4v) is 3.27. The van der Waals surface area contributed by atoms with Crippen molar-refractivity contribution in [3.8, 4) is 5.75 Å². The van der Waals surface area contributed by atoms with Gasteiger partial charge in [-0.05, 0) is 41.7 Å². The Bertz CT molecular complexity index is 744. The highest BCUT2D eigenvalue weighted by molar-refractivity contribution is 5.44. The van der Waals surface area contributed by atoms with Gasteiger partial charge in [-0.1, -0.05) is 72.8 Å². The van der Waals surface area contributed by atoms with Crippen LogP contribution in [0.25, 0.3) is 0 Å². The van der Waals surface area contributed by atoms with Crippen LogP contribution in [-0.4, -0.2) is 28.5 Å². The lowest BCUT2D eigenvalue weighted by Gasteiger charge is -2.19. The van der Waals surface area contributed by atoms with Crippen molar-refractivity contribution in [2.45, 2.75) is 18.8 Å². The third-order valence-corrected chi connectivity index (χ3v) is 4.55. The van der Waals surface area contributed by atoms with Crippen molar-refractivity contribution in [3.63, 3.8) is 0 Å². The molecule has 1 aliphatic rings. The summed E-state index contributed by atoms with van der Waals surface area (Å²) in [7, 11) is 0. The molecule has 2 N–H and O–H groups in total. The number of hydrogen-bond donors (Lipinski definition) is 2. The molecule has 134 valence electrons. The highest BCUT2D eigenvalue weighted by Crippen LogP contribution is 2.32. The molecule has 1 saturated heterocycles. The Hall–Kier alpha value is -2.62. The van der Waals surface area contributed by atoms with E-state index in [-0.39, 0.29) is 5.92 Å². The molecule has 3 aromatic carbocycles. The van der Waals surface area contributed by atoms with Gasteiger partial charge in [0.2, 0.25) is 0 Å². The molecule has 26 heavy (non-hydrogen) atoms. The summed E-state index contributed by atoms with van der Waals surface area (Å²) in [6.07, 6.45) is 2.33. The molecule has 0 radical (unpaired) electrons. The van der Waals surface area contributed by atoms with Gasteiger partial charge < -0.3 is 10.3 Å². The minimum Gasteiger partial charge on any atom is -0.508 e. The Morgan fingerprint density at radius 2 is 1.15 bits per heavy atom. The minimum absolute atomic E-state index is 0.143. The Morgan fingerprint density at radius 1 is 0.654 bits per heavy atom. The minimum atomic E-state index is 0.143. The maximum atomic E-state index is 9.76. The average Bonchev–Trinajstić information content (AvgIpc) is 3.15. The van der Waals surface area contributed by atoms with Gasteiger partial charge in [0.25, 0.3) is 0 Å². The van der Waals surface area contributed by atoms with Gasteiger partial charge in [0.15, 0.2) is 0 Å². The number of phenolic OH excluding ortho intramolecular Hbond substituents is 1. The summed E-state index contributed by atoms with van der Waals surface area (Å²) in [6, 6.07) is 28.2. The number of hydroxylamine groups is 2. The van der Waals surface area contributed by atoms with Crippen LogP contribution in [0.2, 0.25) is 0 Å². The molecule has 0 atom stereocenters. The van der Waals surface area contributed by atoms with Gasteiger partial charge in [0, 0.05) is 19.0 Å². The lowest BCUT2D eigenvalue weighted by molar-refractivity contribution is -0.0678. The molecule has 1 fully saturated rings. The van der Waals surface area contributed by atoms with Crippen LogP contribution in [0.3, 0.4) is 0 Å². The van der Waals surface area contributed by atoms with Crippen molar-refractivity contribution < 1.29 is 10.3 Å². The summed E-state index contributed by atoms with van der Waals surface area (Å²) < 4.78 is 0. The van der Waals surface area contributed by atoms with Crippen LogP contribution >= 0.6 is 0 Å². The van der Waals surface area contributed by atoms with E-state index in [1.807, 2.05) is 48.5 Å². The highest BCUT2D eigenvalue weighted by atomic mass is 16.5. The van der Waals surface area contributed by atoms with E-state index in [9.17, 15) is 5.11 Å². The summed E-state index contributed by atoms with van der Waals surface area (Å²) in [6.45, 7) is 1.75. The van der Waals surface area contributed by atoms with Gasteiger partial charge in [-0.3, -0.25) is 0 Å². The standard InChI is InChI=1S/C19H16O.C4H9NO/c20-18-13-7-12-17(14-18)19(15-8-3-1-4-9-15)16-10-5-2-6-11-16;6-5-3-1-2-4-5/h1-14,19-20H;6H,1-4H2. The second-order valence-electron chi connectivity index (χ2n) is 6.51. The summed E-state index contributed by atoms with van der Waals surface area (Å²) in [5.74, 6) is 0.448. The van der Waals surface area contributed by atoms with E-state index in [2.05, 4.69) is 30.3 Å². The Morgan fingerprint density at radius 3 is 1.58 bits per heavy atom.